The van der Waals surface area contributed by atoms with Gasteiger partial charge < -0.3 is 0 Å². The Bertz CT molecular complexity index is 875. The molecule has 0 radical (unpaired) electrons. The number of carbonyl (C=O) groups is 1. The van der Waals surface area contributed by atoms with Crippen LogP contribution in [0, 0.1) is 6.92 Å². The molecule has 0 spiro atoms. The predicted octanol–water partition coefficient (Wildman–Crippen LogP) is 3.82. The van der Waals surface area contributed by atoms with E-state index in [2.05, 4.69) is 0 Å². The average molecular weight is 350 g/mol. The predicted molar refractivity (Wildman–Crippen MR) is 90.7 cm³/mol. The number of Topliss-reactive ketones (excluding diaryl/α,β-unsaturated/α-hetero) is 1. The van der Waals surface area contributed by atoms with Gasteiger partial charge in [0, 0.05) is 23.0 Å². The Balaban J connectivity index is 2.19. The van der Waals surface area contributed by atoms with Crippen LogP contribution in [-0.4, -0.2) is 20.2 Å². The van der Waals surface area contributed by atoms with Crippen molar-refractivity contribution in [3.05, 3.63) is 58.6 Å². The summed E-state index contributed by atoms with van der Waals surface area (Å²) < 4.78 is 27.5. The Morgan fingerprint density at radius 3 is 2.43 bits per heavy atom. The zero-order valence-corrected chi connectivity index (χ0v) is 14.4. The van der Waals surface area contributed by atoms with Crippen molar-refractivity contribution in [2.45, 2.75) is 31.2 Å². The lowest BCUT2D eigenvalue weighted by molar-refractivity contribution is 0.0972. The minimum Gasteiger partial charge on any atom is -0.294 e. The maximum absolute atomic E-state index is 13.1. The minimum absolute atomic E-state index is 0.0324. The maximum atomic E-state index is 13.1. The van der Waals surface area contributed by atoms with E-state index in [4.69, 9.17) is 11.6 Å². The molecular formula is C17H16ClNO3S. The zero-order chi connectivity index (χ0) is 16.8. The van der Waals surface area contributed by atoms with Crippen LogP contribution >= 0.6 is 11.6 Å². The average Bonchev–Trinajstić information content (AvgIpc) is 2.46. The molecule has 0 aromatic heterocycles. The van der Waals surface area contributed by atoms with Gasteiger partial charge in [0.2, 0.25) is 0 Å². The molecule has 2 aromatic rings. The van der Waals surface area contributed by atoms with Gasteiger partial charge in [-0.1, -0.05) is 17.7 Å². The van der Waals surface area contributed by atoms with Crippen molar-refractivity contribution in [1.29, 1.82) is 0 Å². The monoisotopic (exact) mass is 349 g/mol. The van der Waals surface area contributed by atoms with E-state index in [1.807, 2.05) is 13.0 Å². The van der Waals surface area contributed by atoms with E-state index in [1.165, 1.54) is 16.4 Å². The van der Waals surface area contributed by atoms with Crippen LogP contribution in [0.5, 0.6) is 0 Å². The van der Waals surface area contributed by atoms with Crippen LogP contribution in [0.25, 0.3) is 0 Å². The number of aryl methyl sites for hydroxylation is 1. The maximum Gasteiger partial charge on any atom is 0.264 e. The number of benzene rings is 2. The molecule has 0 fully saturated rings. The number of nitrogens with zero attached hydrogens (tertiary/aromatic N) is 1. The summed E-state index contributed by atoms with van der Waals surface area (Å²) in [5, 5.41) is 0.474. The van der Waals surface area contributed by atoms with Crippen molar-refractivity contribution >= 4 is 33.1 Å². The number of carbonyl (C=O) groups excluding carboxylic acids is 1. The fourth-order valence-corrected chi connectivity index (χ4v) is 4.64. The van der Waals surface area contributed by atoms with Gasteiger partial charge in [-0.3, -0.25) is 9.10 Å². The molecular weight excluding hydrogens is 334 g/mol. The van der Waals surface area contributed by atoms with Crippen molar-refractivity contribution in [2.24, 2.45) is 0 Å². The summed E-state index contributed by atoms with van der Waals surface area (Å²) in [5.41, 5.74) is 1.80. The standard InChI is InChI=1S/C17H16ClNO3S/c1-11-3-8-15-16(9-11)19(12(2)10-17(15)20)23(21,22)14-6-4-13(18)5-7-14/h3-9,12H,10H2,1-2H3. The van der Waals surface area contributed by atoms with Crippen LogP contribution in [-0.2, 0) is 10.0 Å². The molecule has 0 aliphatic carbocycles. The third-order valence-electron chi connectivity index (χ3n) is 3.94. The Kier molecular flexibility index (Phi) is 3.94. The van der Waals surface area contributed by atoms with E-state index < -0.39 is 16.1 Å². The van der Waals surface area contributed by atoms with E-state index in [1.54, 1.807) is 31.2 Å². The molecule has 23 heavy (non-hydrogen) atoms. The molecule has 120 valence electrons. The molecule has 0 amide bonds. The van der Waals surface area contributed by atoms with Gasteiger partial charge in [-0.2, -0.15) is 0 Å². The van der Waals surface area contributed by atoms with Crippen LogP contribution in [0.4, 0.5) is 5.69 Å². The Hall–Kier alpha value is -1.85. The first-order chi connectivity index (χ1) is 10.8. The van der Waals surface area contributed by atoms with Gasteiger partial charge in [-0.25, -0.2) is 8.42 Å². The zero-order valence-electron chi connectivity index (χ0n) is 12.8. The summed E-state index contributed by atoms with van der Waals surface area (Å²) in [6, 6.07) is 10.9. The third kappa shape index (κ3) is 2.75. The van der Waals surface area contributed by atoms with Gasteiger partial charge in [0.15, 0.2) is 5.78 Å². The van der Waals surface area contributed by atoms with E-state index in [-0.39, 0.29) is 17.1 Å². The summed E-state index contributed by atoms with van der Waals surface area (Å²) in [7, 11) is -3.76. The molecule has 1 aliphatic rings. The second-order valence-corrected chi connectivity index (χ2v) is 8.00. The highest BCUT2D eigenvalue weighted by Crippen LogP contribution is 2.36. The lowest BCUT2D eigenvalue weighted by Gasteiger charge is -2.35. The summed E-state index contributed by atoms with van der Waals surface area (Å²) in [6.45, 7) is 3.62. The van der Waals surface area contributed by atoms with Crippen molar-refractivity contribution < 1.29 is 13.2 Å². The van der Waals surface area contributed by atoms with Gasteiger partial charge in [-0.15, -0.1) is 0 Å². The summed E-state index contributed by atoms with van der Waals surface area (Å²) >= 11 is 5.84. The molecule has 1 heterocycles. The first kappa shape index (κ1) is 16.0. The lowest BCUT2D eigenvalue weighted by Crippen LogP contribution is -2.43. The van der Waals surface area contributed by atoms with Crippen molar-refractivity contribution in [3.63, 3.8) is 0 Å². The topological polar surface area (TPSA) is 54.5 Å². The Morgan fingerprint density at radius 1 is 1.13 bits per heavy atom. The fraction of sp³-hybridized carbons (Fsp3) is 0.235. The van der Waals surface area contributed by atoms with Crippen molar-refractivity contribution in [2.75, 3.05) is 4.31 Å². The third-order valence-corrected chi connectivity index (χ3v) is 6.14. The smallest absolute Gasteiger partial charge is 0.264 e. The number of fused-ring (bicyclic) bond motifs is 1. The molecule has 0 bridgehead atoms. The van der Waals surface area contributed by atoms with E-state index in [0.717, 1.165) is 5.56 Å². The molecule has 1 aliphatic heterocycles. The number of hydrogen-bond donors (Lipinski definition) is 0. The number of anilines is 1. The Labute approximate surface area is 140 Å². The van der Waals surface area contributed by atoms with Gasteiger partial charge in [-0.05, 0) is 55.8 Å². The first-order valence-electron chi connectivity index (χ1n) is 7.24. The SMILES string of the molecule is Cc1ccc2c(c1)N(S(=O)(=O)c1ccc(Cl)cc1)C(C)CC2=O. The quantitative estimate of drug-likeness (QED) is 0.828. The van der Waals surface area contributed by atoms with Crippen LogP contribution in [0.3, 0.4) is 0 Å². The largest absolute Gasteiger partial charge is 0.294 e. The molecule has 4 nitrogen and oxygen atoms in total. The van der Waals surface area contributed by atoms with E-state index in [0.29, 0.717) is 16.3 Å². The van der Waals surface area contributed by atoms with Crippen LogP contribution < -0.4 is 4.31 Å². The fourth-order valence-electron chi connectivity index (χ4n) is 2.84. The number of halogens is 1. The van der Waals surface area contributed by atoms with Crippen LogP contribution in [0.1, 0.15) is 29.3 Å². The number of hydrogen-bond acceptors (Lipinski definition) is 3. The molecule has 1 atom stereocenters. The van der Waals surface area contributed by atoms with Crippen LogP contribution in [0.15, 0.2) is 47.4 Å². The van der Waals surface area contributed by atoms with Gasteiger partial charge in [0.25, 0.3) is 10.0 Å². The number of sulfonamides is 1. The highest BCUT2D eigenvalue weighted by molar-refractivity contribution is 7.92. The normalized spacial score (nSPS) is 18.0. The van der Waals surface area contributed by atoms with Gasteiger partial charge in [0.05, 0.1) is 10.6 Å². The van der Waals surface area contributed by atoms with Gasteiger partial charge >= 0.3 is 0 Å². The number of ketones is 1. The van der Waals surface area contributed by atoms with E-state index in [9.17, 15) is 13.2 Å². The van der Waals surface area contributed by atoms with E-state index >= 15 is 0 Å². The highest BCUT2D eigenvalue weighted by Gasteiger charge is 2.37. The minimum atomic E-state index is -3.76. The second-order valence-electron chi connectivity index (χ2n) is 5.75. The van der Waals surface area contributed by atoms with Crippen molar-refractivity contribution in [1.82, 2.24) is 0 Å². The van der Waals surface area contributed by atoms with Gasteiger partial charge in [0.1, 0.15) is 0 Å². The molecule has 2 aromatic carbocycles. The molecule has 6 heteroatoms. The summed E-state index contributed by atoms with van der Waals surface area (Å²) in [5.74, 6) is -0.0324. The molecule has 1 unspecified atom stereocenters. The lowest BCUT2D eigenvalue weighted by atomic mass is 9.96. The molecule has 0 saturated carbocycles. The molecule has 3 rings (SSSR count). The highest BCUT2D eigenvalue weighted by atomic mass is 35.5. The second kappa shape index (κ2) is 5.65. The van der Waals surface area contributed by atoms with Crippen LogP contribution in [0.2, 0.25) is 5.02 Å². The molecule has 0 saturated heterocycles. The number of rotatable bonds is 2. The summed E-state index contributed by atoms with van der Waals surface area (Å²) in [6.07, 6.45) is 0.170. The first-order valence-corrected chi connectivity index (χ1v) is 9.06. The van der Waals surface area contributed by atoms with Crippen molar-refractivity contribution in [3.8, 4) is 0 Å². The molecule has 0 N–H and O–H groups in total. The summed E-state index contributed by atoms with van der Waals surface area (Å²) in [4.78, 5) is 12.4. The Morgan fingerprint density at radius 2 is 1.78 bits per heavy atom.